The number of non-ortho nitro benzene ring substituents is 1. The second-order valence-corrected chi connectivity index (χ2v) is 6.68. The van der Waals surface area contributed by atoms with Crippen LogP contribution in [0.3, 0.4) is 0 Å². The number of aromatic nitrogens is 2. The molecule has 0 aliphatic carbocycles. The van der Waals surface area contributed by atoms with Crippen LogP contribution in [0.4, 0.5) is 5.69 Å². The molecule has 1 aromatic heterocycles. The van der Waals surface area contributed by atoms with Crippen LogP contribution in [0.1, 0.15) is 10.4 Å². The number of rotatable bonds is 5. The third-order valence-electron chi connectivity index (χ3n) is 4.06. The van der Waals surface area contributed by atoms with E-state index >= 15 is 0 Å². The topological polar surface area (TPSA) is 93.9 Å². The Bertz CT molecular complexity index is 1050. The SMILES string of the molecule is Cn1c(-c2ccc(Br)cc2)cn(CC(=O)c2cccc([N+](=O)[O-])c2)c1=N. The van der Waals surface area contributed by atoms with E-state index in [1.165, 1.54) is 28.8 Å². The van der Waals surface area contributed by atoms with Crippen molar-refractivity contribution >= 4 is 27.4 Å². The number of nitrogens with one attached hydrogen (secondary N) is 1. The van der Waals surface area contributed by atoms with Gasteiger partial charge in [0.1, 0.15) is 0 Å². The molecule has 26 heavy (non-hydrogen) atoms. The van der Waals surface area contributed by atoms with Crippen molar-refractivity contribution in [3.63, 3.8) is 0 Å². The molecule has 0 fully saturated rings. The van der Waals surface area contributed by atoms with Gasteiger partial charge >= 0.3 is 0 Å². The van der Waals surface area contributed by atoms with Gasteiger partial charge in [-0.1, -0.05) is 40.2 Å². The zero-order chi connectivity index (χ0) is 18.8. The molecule has 8 heteroatoms. The lowest BCUT2D eigenvalue weighted by atomic mass is 10.1. The van der Waals surface area contributed by atoms with Crippen LogP contribution in [-0.2, 0) is 13.6 Å². The zero-order valence-corrected chi connectivity index (χ0v) is 15.4. The fourth-order valence-corrected chi connectivity index (χ4v) is 2.91. The first-order valence-corrected chi connectivity index (χ1v) is 8.50. The predicted octanol–water partition coefficient (Wildman–Crippen LogP) is 3.53. The molecule has 0 aliphatic heterocycles. The number of halogens is 1. The van der Waals surface area contributed by atoms with Crippen LogP contribution in [0.5, 0.6) is 0 Å². The molecule has 0 saturated carbocycles. The van der Waals surface area contributed by atoms with Gasteiger partial charge in [-0.2, -0.15) is 0 Å². The Morgan fingerprint density at radius 1 is 1.23 bits per heavy atom. The monoisotopic (exact) mass is 414 g/mol. The molecule has 0 amide bonds. The van der Waals surface area contributed by atoms with Crippen LogP contribution < -0.4 is 5.62 Å². The van der Waals surface area contributed by atoms with Crippen LogP contribution in [0.25, 0.3) is 11.3 Å². The van der Waals surface area contributed by atoms with E-state index in [0.717, 1.165) is 15.7 Å². The molecule has 2 aromatic carbocycles. The quantitative estimate of drug-likeness (QED) is 0.393. The lowest BCUT2D eigenvalue weighted by molar-refractivity contribution is -0.384. The molecule has 0 bridgehead atoms. The molecule has 132 valence electrons. The fraction of sp³-hybridized carbons (Fsp3) is 0.111. The summed E-state index contributed by atoms with van der Waals surface area (Å²) in [5, 5.41) is 19.1. The van der Waals surface area contributed by atoms with Crippen molar-refractivity contribution in [2.45, 2.75) is 6.54 Å². The fourth-order valence-electron chi connectivity index (χ4n) is 2.65. The minimum absolute atomic E-state index is 0.0651. The number of Topliss-reactive ketones (excluding diaryl/α,β-unsaturated/α-hetero) is 1. The molecule has 3 rings (SSSR count). The number of nitro benzene ring substituents is 1. The lowest BCUT2D eigenvalue weighted by Crippen LogP contribution is -2.25. The summed E-state index contributed by atoms with van der Waals surface area (Å²) in [4.78, 5) is 22.8. The molecule has 1 heterocycles. The maximum atomic E-state index is 12.5. The highest BCUT2D eigenvalue weighted by molar-refractivity contribution is 9.10. The van der Waals surface area contributed by atoms with E-state index in [0.29, 0.717) is 0 Å². The number of carbonyl (C=O) groups is 1. The second-order valence-electron chi connectivity index (χ2n) is 5.76. The first kappa shape index (κ1) is 17.8. The Balaban J connectivity index is 1.91. The molecule has 0 spiro atoms. The summed E-state index contributed by atoms with van der Waals surface area (Å²) >= 11 is 3.39. The summed E-state index contributed by atoms with van der Waals surface area (Å²) in [5.41, 5.74) is 2.01. The predicted molar refractivity (Wildman–Crippen MR) is 99.8 cm³/mol. The molecule has 1 N–H and O–H groups in total. The molecular weight excluding hydrogens is 400 g/mol. The van der Waals surface area contributed by atoms with Crippen molar-refractivity contribution in [1.82, 2.24) is 9.13 Å². The Morgan fingerprint density at radius 2 is 1.92 bits per heavy atom. The van der Waals surface area contributed by atoms with E-state index < -0.39 is 4.92 Å². The van der Waals surface area contributed by atoms with Gasteiger partial charge < -0.3 is 9.13 Å². The molecule has 3 aromatic rings. The maximum Gasteiger partial charge on any atom is 0.270 e. The van der Waals surface area contributed by atoms with Crippen LogP contribution in [0.15, 0.2) is 59.2 Å². The normalized spacial score (nSPS) is 10.7. The molecule has 0 atom stereocenters. The van der Waals surface area contributed by atoms with Gasteiger partial charge in [-0.05, 0) is 17.7 Å². The number of nitro groups is 1. The van der Waals surface area contributed by atoms with Crippen LogP contribution in [0.2, 0.25) is 0 Å². The Morgan fingerprint density at radius 3 is 2.58 bits per heavy atom. The van der Waals surface area contributed by atoms with Gasteiger partial charge in [-0.15, -0.1) is 0 Å². The Kier molecular flexibility index (Phi) is 4.85. The summed E-state index contributed by atoms with van der Waals surface area (Å²) in [6.45, 7) is -0.0651. The van der Waals surface area contributed by atoms with E-state index in [1.54, 1.807) is 17.8 Å². The first-order chi connectivity index (χ1) is 12.4. The minimum Gasteiger partial charge on any atom is -0.314 e. The molecular formula is C18H15BrN4O3. The average molecular weight is 415 g/mol. The summed E-state index contributed by atoms with van der Waals surface area (Å²) in [7, 11) is 1.76. The number of ketones is 1. The number of carbonyl (C=O) groups excluding carboxylic acids is 1. The van der Waals surface area contributed by atoms with Crippen molar-refractivity contribution in [3.8, 4) is 11.3 Å². The third kappa shape index (κ3) is 3.50. The second kappa shape index (κ2) is 7.09. The number of hydrogen-bond acceptors (Lipinski definition) is 4. The van der Waals surface area contributed by atoms with E-state index in [1.807, 2.05) is 24.3 Å². The van der Waals surface area contributed by atoms with Gasteiger partial charge in [0.2, 0.25) is 5.62 Å². The molecule has 0 aliphatic rings. The molecule has 0 radical (unpaired) electrons. The van der Waals surface area contributed by atoms with Gasteiger partial charge in [0.05, 0.1) is 17.2 Å². The highest BCUT2D eigenvalue weighted by Crippen LogP contribution is 2.21. The van der Waals surface area contributed by atoms with E-state index in [2.05, 4.69) is 15.9 Å². The number of nitrogens with zero attached hydrogens (tertiary/aromatic N) is 3. The standard InChI is InChI=1S/C18H15BrN4O3/c1-21-16(12-5-7-14(19)8-6-12)10-22(18(21)20)11-17(24)13-3-2-4-15(9-13)23(25)26/h2-10,20H,11H2,1H3. The highest BCUT2D eigenvalue weighted by atomic mass is 79.9. The van der Waals surface area contributed by atoms with Crippen LogP contribution in [0, 0.1) is 15.5 Å². The summed E-state index contributed by atoms with van der Waals surface area (Å²) in [6, 6.07) is 13.3. The maximum absolute atomic E-state index is 12.5. The largest absolute Gasteiger partial charge is 0.314 e. The van der Waals surface area contributed by atoms with Gasteiger partial charge in [-0.3, -0.25) is 20.3 Å². The van der Waals surface area contributed by atoms with Gasteiger partial charge in [0.25, 0.3) is 5.69 Å². The summed E-state index contributed by atoms with van der Waals surface area (Å²) < 4.78 is 4.16. The van der Waals surface area contributed by atoms with Crippen molar-refractivity contribution in [2.75, 3.05) is 0 Å². The van der Waals surface area contributed by atoms with Crippen LogP contribution >= 0.6 is 15.9 Å². The Labute approximate surface area is 157 Å². The number of hydrogen-bond donors (Lipinski definition) is 1. The van der Waals surface area contributed by atoms with Gasteiger partial charge in [-0.25, -0.2) is 0 Å². The smallest absolute Gasteiger partial charge is 0.270 e. The van der Waals surface area contributed by atoms with Crippen molar-refractivity contribution in [3.05, 3.63) is 80.5 Å². The van der Waals surface area contributed by atoms with Gasteiger partial charge in [0.15, 0.2) is 5.78 Å². The van der Waals surface area contributed by atoms with Gasteiger partial charge in [0, 0.05) is 35.4 Å². The molecule has 7 nitrogen and oxygen atoms in total. The van der Waals surface area contributed by atoms with E-state index in [-0.39, 0.29) is 29.2 Å². The zero-order valence-electron chi connectivity index (χ0n) is 13.8. The van der Waals surface area contributed by atoms with Crippen molar-refractivity contribution in [2.24, 2.45) is 7.05 Å². The highest BCUT2D eigenvalue weighted by Gasteiger charge is 2.15. The minimum atomic E-state index is -0.534. The van der Waals surface area contributed by atoms with Crippen LogP contribution in [-0.4, -0.2) is 19.8 Å². The Hall–Kier alpha value is -3.00. The molecule has 0 saturated heterocycles. The average Bonchev–Trinajstić information content (AvgIpc) is 2.91. The third-order valence-corrected chi connectivity index (χ3v) is 4.59. The summed E-state index contributed by atoms with van der Waals surface area (Å²) in [6.07, 6.45) is 1.74. The number of benzene rings is 2. The first-order valence-electron chi connectivity index (χ1n) is 7.71. The lowest BCUT2D eigenvalue weighted by Gasteiger charge is -2.02. The number of imidazole rings is 1. The molecule has 0 unspecified atom stereocenters. The van der Waals surface area contributed by atoms with E-state index in [9.17, 15) is 14.9 Å². The summed E-state index contributed by atoms with van der Waals surface area (Å²) in [5.74, 6) is -0.292. The van der Waals surface area contributed by atoms with Crippen molar-refractivity contribution < 1.29 is 9.72 Å². The van der Waals surface area contributed by atoms with Crippen molar-refractivity contribution in [1.29, 1.82) is 5.41 Å². The van der Waals surface area contributed by atoms with E-state index in [4.69, 9.17) is 5.41 Å².